The number of anilines is 1. The molecule has 2 N–H and O–H groups in total. The smallest absolute Gasteiger partial charge is 0.234 e. The van der Waals surface area contributed by atoms with Gasteiger partial charge < -0.3 is 10.6 Å². The molecule has 0 saturated heterocycles. The highest BCUT2D eigenvalue weighted by atomic mass is 32.2. The normalized spacial score (nSPS) is 31.9. The number of nitrogens with one attached hydrogen (secondary N) is 2. The van der Waals surface area contributed by atoms with E-state index in [1.165, 1.54) is 50.3 Å². The molecule has 4 nitrogen and oxygen atoms in total. The lowest BCUT2D eigenvalue weighted by molar-refractivity contribution is -0.125. The number of hydrogen-bond donors (Lipinski definition) is 2. The summed E-state index contributed by atoms with van der Waals surface area (Å²) in [5.41, 5.74) is 2.28. The molecule has 5 heteroatoms. The number of hydrogen-bond acceptors (Lipinski definition) is 3. The zero-order valence-corrected chi connectivity index (χ0v) is 18.7. The number of amides is 2. The standard InChI is InChI=1S/C24H34N2O2S/c1-15-4-6-21(7-5-15)26-22(27)14-29-16(2)23(28)25-17(3)24-11-18-8-19(12-24)10-20(9-18)13-24/h4-7,16-20H,8-14H2,1-3H3,(H,25,28)(H,26,27)/t16-,17+,18?,19?,20?,24?/m0/s1. The molecule has 2 amide bonds. The average Bonchev–Trinajstić information content (AvgIpc) is 2.66. The van der Waals surface area contributed by atoms with Crippen LogP contribution in [0.15, 0.2) is 24.3 Å². The summed E-state index contributed by atoms with van der Waals surface area (Å²) in [7, 11) is 0. The van der Waals surface area contributed by atoms with Gasteiger partial charge in [-0.1, -0.05) is 17.7 Å². The maximum absolute atomic E-state index is 12.8. The summed E-state index contributed by atoms with van der Waals surface area (Å²) in [4.78, 5) is 25.0. The van der Waals surface area contributed by atoms with Crippen LogP contribution in [0.3, 0.4) is 0 Å². The fraction of sp³-hybridized carbons (Fsp3) is 0.667. The molecule has 29 heavy (non-hydrogen) atoms. The molecule has 4 aliphatic rings. The minimum atomic E-state index is -0.227. The van der Waals surface area contributed by atoms with Crippen molar-refractivity contribution in [2.45, 2.75) is 70.6 Å². The van der Waals surface area contributed by atoms with Gasteiger partial charge in [-0.15, -0.1) is 11.8 Å². The van der Waals surface area contributed by atoms with Gasteiger partial charge in [0.15, 0.2) is 0 Å². The first kappa shape index (κ1) is 20.8. The molecule has 4 saturated carbocycles. The topological polar surface area (TPSA) is 58.2 Å². The second-order valence-corrected chi connectivity index (χ2v) is 11.2. The summed E-state index contributed by atoms with van der Waals surface area (Å²) in [5.74, 6) is 2.96. The quantitative estimate of drug-likeness (QED) is 0.675. The predicted molar refractivity (Wildman–Crippen MR) is 120 cm³/mol. The van der Waals surface area contributed by atoms with Crippen LogP contribution in [0.1, 0.15) is 57.9 Å². The van der Waals surface area contributed by atoms with Crippen LogP contribution in [0.4, 0.5) is 5.69 Å². The molecule has 4 bridgehead atoms. The van der Waals surface area contributed by atoms with Crippen LogP contribution in [-0.4, -0.2) is 28.9 Å². The van der Waals surface area contributed by atoms with Crippen molar-refractivity contribution in [2.75, 3.05) is 11.1 Å². The lowest BCUT2D eigenvalue weighted by Crippen LogP contribution is -2.56. The van der Waals surface area contributed by atoms with Gasteiger partial charge in [-0.25, -0.2) is 0 Å². The molecular formula is C24H34N2O2S. The fourth-order valence-electron chi connectivity index (χ4n) is 6.30. The Hall–Kier alpha value is -1.49. The minimum absolute atomic E-state index is 0.0624. The molecule has 0 radical (unpaired) electrons. The third-order valence-corrected chi connectivity index (χ3v) is 8.67. The van der Waals surface area contributed by atoms with E-state index in [0.29, 0.717) is 5.41 Å². The van der Waals surface area contributed by atoms with Crippen LogP contribution in [-0.2, 0) is 9.59 Å². The van der Waals surface area contributed by atoms with Crippen molar-refractivity contribution in [1.82, 2.24) is 5.32 Å². The zero-order valence-electron chi connectivity index (χ0n) is 17.9. The molecule has 0 spiro atoms. The summed E-state index contributed by atoms with van der Waals surface area (Å²) in [6, 6.07) is 7.99. The molecule has 0 unspecified atom stereocenters. The van der Waals surface area contributed by atoms with Crippen molar-refractivity contribution in [1.29, 1.82) is 0 Å². The Morgan fingerprint density at radius 2 is 1.59 bits per heavy atom. The van der Waals surface area contributed by atoms with Crippen molar-refractivity contribution in [3.63, 3.8) is 0 Å². The van der Waals surface area contributed by atoms with E-state index in [4.69, 9.17) is 0 Å². The Morgan fingerprint density at radius 3 is 2.14 bits per heavy atom. The minimum Gasteiger partial charge on any atom is -0.352 e. The summed E-state index contributed by atoms with van der Waals surface area (Å²) in [6.07, 6.45) is 8.13. The largest absolute Gasteiger partial charge is 0.352 e. The molecular weight excluding hydrogens is 380 g/mol. The maximum atomic E-state index is 12.8. The Labute approximate surface area is 179 Å². The summed E-state index contributed by atoms with van der Waals surface area (Å²) >= 11 is 1.41. The summed E-state index contributed by atoms with van der Waals surface area (Å²) in [6.45, 7) is 6.14. The van der Waals surface area contributed by atoms with Crippen LogP contribution < -0.4 is 10.6 Å². The SMILES string of the molecule is Cc1ccc(NC(=O)CS[C@@H](C)C(=O)N[C@H](C)C23CC4CC(CC(C4)C2)C3)cc1. The van der Waals surface area contributed by atoms with E-state index in [-0.39, 0.29) is 28.9 Å². The van der Waals surface area contributed by atoms with Gasteiger partial charge in [-0.05, 0) is 94.6 Å². The maximum Gasteiger partial charge on any atom is 0.234 e. The Balaban J connectivity index is 1.25. The first-order valence-corrected chi connectivity index (χ1v) is 12.2. The van der Waals surface area contributed by atoms with Gasteiger partial charge in [0.25, 0.3) is 0 Å². The summed E-state index contributed by atoms with van der Waals surface area (Å²) < 4.78 is 0. The molecule has 1 aromatic rings. The van der Waals surface area contributed by atoms with E-state index in [2.05, 4.69) is 17.6 Å². The van der Waals surface area contributed by atoms with E-state index in [9.17, 15) is 9.59 Å². The predicted octanol–water partition coefficient (Wildman–Crippen LogP) is 4.78. The molecule has 0 aliphatic heterocycles. The van der Waals surface area contributed by atoms with Crippen LogP contribution >= 0.6 is 11.8 Å². The van der Waals surface area contributed by atoms with E-state index < -0.39 is 0 Å². The van der Waals surface area contributed by atoms with Crippen molar-refractivity contribution in [3.8, 4) is 0 Å². The van der Waals surface area contributed by atoms with Gasteiger partial charge in [-0.2, -0.15) is 0 Å². The lowest BCUT2D eigenvalue weighted by atomic mass is 9.48. The Kier molecular flexibility index (Phi) is 5.97. The second kappa shape index (κ2) is 8.33. The molecule has 0 aromatic heterocycles. The van der Waals surface area contributed by atoms with Gasteiger partial charge in [0, 0.05) is 11.7 Å². The molecule has 4 fully saturated rings. The number of thioether (sulfide) groups is 1. The number of carbonyl (C=O) groups is 2. The molecule has 1 aromatic carbocycles. The van der Waals surface area contributed by atoms with Gasteiger partial charge in [-0.3, -0.25) is 9.59 Å². The van der Waals surface area contributed by atoms with Crippen LogP contribution in [0.25, 0.3) is 0 Å². The number of benzene rings is 1. The third-order valence-electron chi connectivity index (χ3n) is 7.53. The molecule has 4 aliphatic carbocycles. The third kappa shape index (κ3) is 4.65. The Bertz CT molecular complexity index is 725. The highest BCUT2D eigenvalue weighted by Gasteiger charge is 2.53. The van der Waals surface area contributed by atoms with Crippen molar-refractivity contribution in [3.05, 3.63) is 29.8 Å². The first-order valence-electron chi connectivity index (χ1n) is 11.1. The van der Waals surface area contributed by atoms with E-state index in [1.54, 1.807) is 0 Å². The van der Waals surface area contributed by atoms with Gasteiger partial charge in [0.05, 0.1) is 11.0 Å². The number of rotatable bonds is 7. The number of carbonyl (C=O) groups excluding carboxylic acids is 2. The summed E-state index contributed by atoms with van der Waals surface area (Å²) in [5, 5.41) is 6.00. The van der Waals surface area contributed by atoms with E-state index in [0.717, 1.165) is 29.0 Å². The molecule has 5 rings (SSSR count). The Morgan fingerprint density at radius 1 is 1.03 bits per heavy atom. The van der Waals surface area contributed by atoms with Gasteiger partial charge >= 0.3 is 0 Å². The van der Waals surface area contributed by atoms with E-state index in [1.807, 2.05) is 38.1 Å². The monoisotopic (exact) mass is 414 g/mol. The van der Waals surface area contributed by atoms with Crippen LogP contribution in [0.5, 0.6) is 0 Å². The fourth-order valence-corrected chi connectivity index (χ4v) is 7.00. The molecule has 2 atom stereocenters. The molecule has 158 valence electrons. The van der Waals surface area contributed by atoms with Crippen molar-refractivity contribution in [2.24, 2.45) is 23.2 Å². The van der Waals surface area contributed by atoms with Crippen LogP contribution in [0, 0.1) is 30.1 Å². The molecule has 0 heterocycles. The highest BCUT2D eigenvalue weighted by molar-refractivity contribution is 8.01. The highest BCUT2D eigenvalue weighted by Crippen LogP contribution is 2.61. The van der Waals surface area contributed by atoms with Crippen molar-refractivity contribution >= 4 is 29.3 Å². The van der Waals surface area contributed by atoms with Gasteiger partial charge in [0.1, 0.15) is 0 Å². The van der Waals surface area contributed by atoms with Crippen LogP contribution in [0.2, 0.25) is 0 Å². The van der Waals surface area contributed by atoms with E-state index >= 15 is 0 Å². The van der Waals surface area contributed by atoms with Gasteiger partial charge in [0.2, 0.25) is 11.8 Å². The lowest BCUT2D eigenvalue weighted by Gasteiger charge is -2.59. The average molecular weight is 415 g/mol. The van der Waals surface area contributed by atoms with Crippen molar-refractivity contribution < 1.29 is 9.59 Å². The second-order valence-electron chi connectivity index (χ2n) is 9.88. The first-order chi connectivity index (χ1) is 13.8. The zero-order chi connectivity index (χ0) is 20.6. The number of aryl methyl sites for hydroxylation is 1.